The zero-order valence-corrected chi connectivity index (χ0v) is 18.0. The third kappa shape index (κ3) is 5.20. The molecule has 0 atom stereocenters. The maximum Gasteiger partial charge on any atom is 0.273 e. The SMILES string of the molecule is C\C=C/C(F)=C(CC)\C(CNC(=O)c1nc(C)c(-c2ncco2)nc1N)=C(/C)CC. The Morgan fingerprint density at radius 2 is 2.00 bits per heavy atom. The van der Waals surface area contributed by atoms with Crippen LogP contribution in [0.3, 0.4) is 0 Å². The molecule has 0 aromatic carbocycles. The topological polar surface area (TPSA) is 107 Å². The Kier molecular flexibility index (Phi) is 8.03. The Bertz CT molecular complexity index is 991. The summed E-state index contributed by atoms with van der Waals surface area (Å²) in [7, 11) is 0. The first kappa shape index (κ1) is 23.0. The largest absolute Gasteiger partial charge is 0.443 e. The number of nitrogen functional groups attached to an aromatic ring is 1. The number of nitrogens with two attached hydrogens (primary N) is 1. The number of anilines is 1. The zero-order valence-electron chi connectivity index (χ0n) is 18.0. The first-order chi connectivity index (χ1) is 14.3. The monoisotopic (exact) mass is 413 g/mol. The molecule has 0 aliphatic carbocycles. The van der Waals surface area contributed by atoms with E-state index in [2.05, 4.69) is 20.3 Å². The van der Waals surface area contributed by atoms with Crippen molar-refractivity contribution in [2.45, 2.75) is 47.5 Å². The van der Waals surface area contributed by atoms with Crippen LogP contribution in [-0.2, 0) is 0 Å². The number of amides is 1. The molecule has 0 saturated carbocycles. The van der Waals surface area contributed by atoms with Gasteiger partial charge in [-0.2, -0.15) is 0 Å². The lowest BCUT2D eigenvalue weighted by molar-refractivity contribution is 0.0952. The van der Waals surface area contributed by atoms with Gasteiger partial charge in [-0.15, -0.1) is 0 Å². The highest BCUT2D eigenvalue weighted by molar-refractivity contribution is 5.96. The molecular formula is C22H28FN5O2. The lowest BCUT2D eigenvalue weighted by Crippen LogP contribution is -2.29. The minimum absolute atomic E-state index is 0.00672. The molecule has 3 N–H and O–H groups in total. The van der Waals surface area contributed by atoms with E-state index < -0.39 is 5.91 Å². The predicted octanol–water partition coefficient (Wildman–Crippen LogP) is 4.69. The van der Waals surface area contributed by atoms with Gasteiger partial charge in [-0.05, 0) is 50.8 Å². The highest BCUT2D eigenvalue weighted by Crippen LogP contribution is 2.25. The first-order valence-electron chi connectivity index (χ1n) is 9.86. The minimum atomic E-state index is -0.481. The predicted molar refractivity (Wildman–Crippen MR) is 115 cm³/mol. The fourth-order valence-electron chi connectivity index (χ4n) is 3.00. The molecule has 0 aliphatic heterocycles. The quantitative estimate of drug-likeness (QED) is 0.608. The van der Waals surface area contributed by atoms with Crippen LogP contribution in [0, 0.1) is 6.92 Å². The fraction of sp³-hybridized carbons (Fsp3) is 0.364. The van der Waals surface area contributed by atoms with E-state index in [1.807, 2.05) is 20.8 Å². The number of oxazole rings is 1. The lowest BCUT2D eigenvalue weighted by atomic mass is 9.96. The summed E-state index contributed by atoms with van der Waals surface area (Å²) >= 11 is 0. The molecule has 30 heavy (non-hydrogen) atoms. The number of aromatic nitrogens is 3. The van der Waals surface area contributed by atoms with Crippen LogP contribution in [0.15, 0.2) is 51.6 Å². The molecule has 1 amide bonds. The minimum Gasteiger partial charge on any atom is -0.443 e. The molecule has 2 aromatic rings. The smallest absolute Gasteiger partial charge is 0.273 e. The molecule has 0 unspecified atom stereocenters. The number of hydrogen-bond donors (Lipinski definition) is 2. The van der Waals surface area contributed by atoms with Crippen molar-refractivity contribution in [3.8, 4) is 11.6 Å². The van der Waals surface area contributed by atoms with Crippen molar-refractivity contribution < 1.29 is 13.6 Å². The molecule has 2 aromatic heterocycles. The molecule has 0 fully saturated rings. The van der Waals surface area contributed by atoms with Crippen molar-refractivity contribution in [2.24, 2.45) is 0 Å². The van der Waals surface area contributed by atoms with Crippen LogP contribution in [0.1, 0.15) is 56.7 Å². The van der Waals surface area contributed by atoms with Gasteiger partial charge in [-0.3, -0.25) is 4.79 Å². The summed E-state index contributed by atoms with van der Waals surface area (Å²) < 4.78 is 19.8. The molecule has 0 bridgehead atoms. The van der Waals surface area contributed by atoms with E-state index in [1.54, 1.807) is 19.9 Å². The molecule has 8 heteroatoms. The van der Waals surface area contributed by atoms with Crippen molar-refractivity contribution in [1.82, 2.24) is 20.3 Å². The highest BCUT2D eigenvalue weighted by atomic mass is 19.1. The second-order valence-corrected chi connectivity index (χ2v) is 6.70. The molecule has 0 spiro atoms. The Morgan fingerprint density at radius 3 is 2.57 bits per heavy atom. The van der Waals surface area contributed by atoms with Gasteiger partial charge in [0.1, 0.15) is 17.8 Å². The fourth-order valence-corrected chi connectivity index (χ4v) is 3.00. The van der Waals surface area contributed by atoms with Crippen molar-refractivity contribution in [3.05, 3.63) is 58.5 Å². The number of carbonyl (C=O) groups is 1. The lowest BCUT2D eigenvalue weighted by Gasteiger charge is -2.16. The average molecular weight is 413 g/mol. The van der Waals surface area contributed by atoms with E-state index in [0.717, 1.165) is 17.6 Å². The van der Waals surface area contributed by atoms with E-state index in [-0.39, 0.29) is 29.8 Å². The number of nitrogens with zero attached hydrogens (tertiary/aromatic N) is 3. The maximum absolute atomic E-state index is 14.5. The van der Waals surface area contributed by atoms with Gasteiger partial charge in [0.15, 0.2) is 11.5 Å². The number of halogens is 1. The molecule has 0 saturated heterocycles. The molecule has 0 radical (unpaired) electrons. The zero-order chi connectivity index (χ0) is 22.3. The second-order valence-electron chi connectivity index (χ2n) is 6.70. The summed E-state index contributed by atoms with van der Waals surface area (Å²) in [5, 5.41) is 2.81. The second kappa shape index (κ2) is 10.5. The van der Waals surface area contributed by atoms with Gasteiger partial charge in [-0.25, -0.2) is 19.3 Å². The van der Waals surface area contributed by atoms with Gasteiger partial charge in [0.05, 0.1) is 11.9 Å². The van der Waals surface area contributed by atoms with E-state index >= 15 is 0 Å². The molecular weight excluding hydrogens is 385 g/mol. The Morgan fingerprint density at radius 1 is 1.27 bits per heavy atom. The van der Waals surface area contributed by atoms with E-state index in [0.29, 0.717) is 23.4 Å². The molecule has 7 nitrogen and oxygen atoms in total. The van der Waals surface area contributed by atoms with Gasteiger partial charge in [0.2, 0.25) is 5.89 Å². The van der Waals surface area contributed by atoms with Crippen LogP contribution < -0.4 is 11.1 Å². The third-order valence-corrected chi connectivity index (χ3v) is 4.74. The van der Waals surface area contributed by atoms with Gasteiger partial charge in [0, 0.05) is 6.54 Å². The number of allylic oxidation sites excluding steroid dienone is 4. The number of nitrogens with one attached hydrogen (secondary N) is 1. The van der Waals surface area contributed by atoms with Crippen LogP contribution in [0.4, 0.5) is 10.2 Å². The van der Waals surface area contributed by atoms with Crippen LogP contribution >= 0.6 is 0 Å². The summed E-state index contributed by atoms with van der Waals surface area (Å²) in [5.74, 6) is -0.539. The normalized spacial score (nSPS) is 13.3. The summed E-state index contributed by atoms with van der Waals surface area (Å²) in [4.78, 5) is 25.3. The van der Waals surface area contributed by atoms with Gasteiger partial charge < -0.3 is 15.5 Å². The van der Waals surface area contributed by atoms with Crippen molar-refractivity contribution in [2.75, 3.05) is 12.3 Å². The first-order valence-corrected chi connectivity index (χ1v) is 9.86. The van der Waals surface area contributed by atoms with Gasteiger partial charge >= 0.3 is 0 Å². The Balaban J connectivity index is 2.30. The summed E-state index contributed by atoms with van der Waals surface area (Å²) in [6.07, 6.45) is 7.23. The number of hydrogen-bond acceptors (Lipinski definition) is 6. The number of rotatable bonds is 8. The molecule has 2 heterocycles. The third-order valence-electron chi connectivity index (χ3n) is 4.74. The van der Waals surface area contributed by atoms with E-state index in [1.165, 1.54) is 18.5 Å². The van der Waals surface area contributed by atoms with Crippen LogP contribution in [0.2, 0.25) is 0 Å². The standard InChI is InChI=1S/C22H28FN5O2/c1-6-9-17(23)15(8-3)16(13(4)7-2)12-26-21(29)19-20(24)28-18(14(5)27-19)22-25-10-11-30-22/h6,9-11H,7-8,12H2,1-5H3,(H2,24,28)(H,26,29)/b9-6-,16-13+,17-15+. The Hall–Kier alpha value is -3.29. The number of carbonyl (C=O) groups excluding carboxylic acids is 1. The molecule has 0 aliphatic rings. The average Bonchev–Trinajstić information content (AvgIpc) is 3.26. The highest BCUT2D eigenvalue weighted by Gasteiger charge is 2.20. The summed E-state index contributed by atoms with van der Waals surface area (Å²) in [5.41, 5.74) is 9.16. The van der Waals surface area contributed by atoms with Gasteiger partial charge in [-0.1, -0.05) is 25.5 Å². The van der Waals surface area contributed by atoms with Crippen molar-refractivity contribution >= 4 is 11.7 Å². The molecule has 2 rings (SSSR count). The van der Waals surface area contributed by atoms with Crippen LogP contribution in [0.25, 0.3) is 11.6 Å². The van der Waals surface area contributed by atoms with Crippen LogP contribution in [0.5, 0.6) is 0 Å². The maximum atomic E-state index is 14.5. The van der Waals surface area contributed by atoms with E-state index in [9.17, 15) is 9.18 Å². The van der Waals surface area contributed by atoms with Crippen molar-refractivity contribution in [1.29, 1.82) is 0 Å². The molecule has 160 valence electrons. The number of aryl methyl sites for hydroxylation is 1. The van der Waals surface area contributed by atoms with Crippen LogP contribution in [-0.4, -0.2) is 27.4 Å². The van der Waals surface area contributed by atoms with Crippen molar-refractivity contribution in [3.63, 3.8) is 0 Å². The summed E-state index contributed by atoms with van der Waals surface area (Å²) in [6, 6.07) is 0. The van der Waals surface area contributed by atoms with E-state index in [4.69, 9.17) is 10.2 Å². The van der Waals surface area contributed by atoms with Gasteiger partial charge in [0.25, 0.3) is 5.91 Å². The Labute approximate surface area is 176 Å². The summed E-state index contributed by atoms with van der Waals surface area (Å²) in [6.45, 7) is 9.43.